The summed E-state index contributed by atoms with van der Waals surface area (Å²) in [6.07, 6.45) is 5.96. The number of thioether (sulfide) groups is 1. The Hall–Kier alpha value is -0.380. The Balaban J connectivity index is 2.39. The van der Waals surface area contributed by atoms with Gasteiger partial charge in [0, 0.05) is 4.75 Å². The van der Waals surface area contributed by atoms with Crippen LogP contribution in [0.1, 0.15) is 19.3 Å². The summed E-state index contributed by atoms with van der Waals surface area (Å²) < 4.78 is 0.365. The van der Waals surface area contributed by atoms with E-state index in [1.807, 2.05) is 11.8 Å². The summed E-state index contributed by atoms with van der Waals surface area (Å²) >= 11 is 1.88. The maximum absolute atomic E-state index is 5.25. The number of nitrogens with zero attached hydrogens (tertiary/aromatic N) is 1. The quantitative estimate of drug-likeness (QED) is 0.484. The molecule has 1 rings (SSSR count). The van der Waals surface area contributed by atoms with E-state index in [2.05, 4.69) is 11.2 Å². The van der Waals surface area contributed by atoms with E-state index in [1.165, 1.54) is 19.3 Å². The molecule has 11 heavy (non-hydrogen) atoms. The summed E-state index contributed by atoms with van der Waals surface area (Å²) in [6.45, 7) is 0.788. The molecule has 0 saturated heterocycles. The third-order valence-corrected chi connectivity index (χ3v) is 3.65. The van der Waals surface area contributed by atoms with Crippen molar-refractivity contribution in [3.05, 3.63) is 0 Å². The normalized spacial score (nSPS) is 20.5. The summed E-state index contributed by atoms with van der Waals surface area (Å²) in [6, 6.07) is 0. The molecule has 64 valence electrons. The first-order valence-electron chi connectivity index (χ1n) is 3.79. The van der Waals surface area contributed by atoms with Crippen molar-refractivity contribution in [1.29, 1.82) is 0 Å². The standard InChI is InChI=1S/C7H15N3S/c1-11-7(3-2-4-7)5-10-6(8)9/h2-5H2,1H3,(H4,8,9,10). The van der Waals surface area contributed by atoms with Gasteiger partial charge in [-0.1, -0.05) is 6.42 Å². The van der Waals surface area contributed by atoms with E-state index in [4.69, 9.17) is 11.5 Å². The van der Waals surface area contributed by atoms with E-state index >= 15 is 0 Å². The van der Waals surface area contributed by atoms with Crippen LogP contribution in [0, 0.1) is 0 Å². The summed E-state index contributed by atoms with van der Waals surface area (Å²) in [5, 5.41) is 0. The fraction of sp³-hybridized carbons (Fsp3) is 0.857. The summed E-state index contributed by atoms with van der Waals surface area (Å²) in [4.78, 5) is 4.04. The highest BCUT2D eigenvalue weighted by Crippen LogP contribution is 2.42. The molecule has 0 bridgehead atoms. The van der Waals surface area contributed by atoms with E-state index in [9.17, 15) is 0 Å². The van der Waals surface area contributed by atoms with E-state index < -0.39 is 0 Å². The zero-order valence-corrected chi connectivity index (χ0v) is 7.66. The molecule has 4 N–H and O–H groups in total. The second kappa shape index (κ2) is 3.34. The average molecular weight is 173 g/mol. The SMILES string of the molecule is CSC1(CN=C(N)N)CCC1. The third-order valence-electron chi connectivity index (χ3n) is 2.25. The molecule has 0 atom stereocenters. The minimum atomic E-state index is 0.213. The van der Waals surface area contributed by atoms with Crippen LogP contribution in [-0.4, -0.2) is 23.5 Å². The fourth-order valence-corrected chi connectivity index (χ4v) is 2.12. The first-order chi connectivity index (χ1) is 5.18. The van der Waals surface area contributed by atoms with E-state index in [1.54, 1.807) is 0 Å². The largest absolute Gasteiger partial charge is 0.370 e. The molecule has 0 aromatic rings. The molecule has 3 nitrogen and oxygen atoms in total. The summed E-state index contributed by atoms with van der Waals surface area (Å²) in [5.74, 6) is 0.213. The predicted octanol–water partition coefficient (Wildman–Crippen LogP) is 0.545. The lowest BCUT2D eigenvalue weighted by atomic mass is 9.84. The average Bonchev–Trinajstić information content (AvgIpc) is 1.86. The Morgan fingerprint density at radius 3 is 2.45 bits per heavy atom. The second-order valence-corrected chi connectivity index (χ2v) is 4.26. The van der Waals surface area contributed by atoms with Crippen molar-refractivity contribution in [3.8, 4) is 0 Å². The van der Waals surface area contributed by atoms with Crippen LogP contribution in [0.15, 0.2) is 4.99 Å². The number of nitrogens with two attached hydrogens (primary N) is 2. The number of guanidine groups is 1. The zero-order chi connectivity index (χ0) is 8.32. The summed E-state index contributed by atoms with van der Waals surface area (Å²) in [5.41, 5.74) is 10.5. The highest BCUT2D eigenvalue weighted by atomic mass is 32.2. The Bertz CT molecular complexity index is 154. The van der Waals surface area contributed by atoms with Crippen LogP contribution < -0.4 is 11.5 Å². The Labute approximate surface area is 71.6 Å². The van der Waals surface area contributed by atoms with Gasteiger partial charge in [-0.15, -0.1) is 0 Å². The molecule has 0 amide bonds. The highest BCUT2D eigenvalue weighted by Gasteiger charge is 2.35. The van der Waals surface area contributed by atoms with Crippen LogP contribution in [0.5, 0.6) is 0 Å². The maximum atomic E-state index is 5.25. The molecule has 1 saturated carbocycles. The molecule has 4 heteroatoms. The molecule has 0 heterocycles. The molecule has 0 spiro atoms. The molecule has 1 aliphatic rings. The number of hydrogen-bond acceptors (Lipinski definition) is 2. The van der Waals surface area contributed by atoms with Crippen LogP contribution in [-0.2, 0) is 0 Å². The van der Waals surface area contributed by atoms with Crippen molar-refractivity contribution in [1.82, 2.24) is 0 Å². The van der Waals surface area contributed by atoms with Gasteiger partial charge in [0.15, 0.2) is 5.96 Å². The van der Waals surface area contributed by atoms with E-state index in [0.29, 0.717) is 4.75 Å². The van der Waals surface area contributed by atoms with Gasteiger partial charge in [-0.2, -0.15) is 11.8 Å². The second-order valence-electron chi connectivity index (χ2n) is 2.98. The topological polar surface area (TPSA) is 64.4 Å². The van der Waals surface area contributed by atoms with Crippen LogP contribution in [0.4, 0.5) is 0 Å². The monoisotopic (exact) mass is 173 g/mol. The minimum absolute atomic E-state index is 0.213. The van der Waals surface area contributed by atoms with Crippen molar-refractivity contribution in [2.45, 2.75) is 24.0 Å². The lowest BCUT2D eigenvalue weighted by Gasteiger charge is -2.38. The fourth-order valence-electron chi connectivity index (χ4n) is 1.23. The lowest BCUT2D eigenvalue weighted by molar-refractivity contribution is 0.372. The molecular weight excluding hydrogens is 158 g/mol. The van der Waals surface area contributed by atoms with Gasteiger partial charge in [0.2, 0.25) is 0 Å². The van der Waals surface area contributed by atoms with E-state index in [0.717, 1.165) is 6.54 Å². The minimum Gasteiger partial charge on any atom is -0.370 e. The smallest absolute Gasteiger partial charge is 0.185 e. The Morgan fingerprint density at radius 1 is 1.55 bits per heavy atom. The van der Waals surface area contributed by atoms with Crippen molar-refractivity contribution in [2.24, 2.45) is 16.5 Å². The zero-order valence-electron chi connectivity index (χ0n) is 6.84. The summed E-state index contributed by atoms with van der Waals surface area (Å²) in [7, 11) is 0. The van der Waals surface area contributed by atoms with Gasteiger partial charge in [-0.3, -0.25) is 4.99 Å². The predicted molar refractivity (Wildman–Crippen MR) is 50.8 cm³/mol. The lowest BCUT2D eigenvalue weighted by Crippen LogP contribution is -2.38. The van der Waals surface area contributed by atoms with E-state index in [-0.39, 0.29) is 5.96 Å². The molecule has 0 radical (unpaired) electrons. The number of hydrogen-bond donors (Lipinski definition) is 2. The molecular formula is C7H15N3S. The highest BCUT2D eigenvalue weighted by molar-refractivity contribution is 8.00. The first kappa shape index (κ1) is 8.71. The van der Waals surface area contributed by atoms with Gasteiger partial charge in [-0.25, -0.2) is 0 Å². The van der Waals surface area contributed by atoms with Gasteiger partial charge >= 0.3 is 0 Å². The van der Waals surface area contributed by atoms with Crippen molar-refractivity contribution >= 4 is 17.7 Å². The van der Waals surface area contributed by atoms with Crippen LogP contribution in [0.3, 0.4) is 0 Å². The van der Waals surface area contributed by atoms with Gasteiger partial charge in [0.25, 0.3) is 0 Å². The number of rotatable bonds is 3. The molecule has 1 fully saturated rings. The molecule has 0 unspecified atom stereocenters. The first-order valence-corrected chi connectivity index (χ1v) is 5.01. The van der Waals surface area contributed by atoms with Gasteiger partial charge in [-0.05, 0) is 19.1 Å². The van der Waals surface area contributed by atoms with Gasteiger partial charge in [0.05, 0.1) is 6.54 Å². The number of aliphatic imine (C=N–C) groups is 1. The van der Waals surface area contributed by atoms with Crippen molar-refractivity contribution in [2.75, 3.05) is 12.8 Å². The molecule has 0 aromatic carbocycles. The van der Waals surface area contributed by atoms with Gasteiger partial charge < -0.3 is 11.5 Å². The van der Waals surface area contributed by atoms with Crippen molar-refractivity contribution in [3.63, 3.8) is 0 Å². The molecule has 0 aromatic heterocycles. The molecule has 1 aliphatic carbocycles. The Kier molecular flexibility index (Phi) is 2.65. The maximum Gasteiger partial charge on any atom is 0.185 e. The van der Waals surface area contributed by atoms with Crippen LogP contribution in [0.2, 0.25) is 0 Å². The molecule has 0 aliphatic heterocycles. The van der Waals surface area contributed by atoms with Crippen LogP contribution >= 0.6 is 11.8 Å². The van der Waals surface area contributed by atoms with Crippen LogP contribution in [0.25, 0.3) is 0 Å². The third kappa shape index (κ3) is 2.02. The van der Waals surface area contributed by atoms with Crippen molar-refractivity contribution < 1.29 is 0 Å². The van der Waals surface area contributed by atoms with Gasteiger partial charge in [0.1, 0.15) is 0 Å². The Morgan fingerprint density at radius 2 is 2.18 bits per heavy atom.